The summed E-state index contributed by atoms with van der Waals surface area (Å²) in [5.74, 6) is -0.412. The van der Waals surface area contributed by atoms with Gasteiger partial charge in [0.05, 0.1) is 22.7 Å². The summed E-state index contributed by atoms with van der Waals surface area (Å²) in [5, 5.41) is 6.70. The number of thiazole rings is 1. The second-order valence-electron chi connectivity index (χ2n) is 5.65. The van der Waals surface area contributed by atoms with Gasteiger partial charge in [0.15, 0.2) is 0 Å². The van der Waals surface area contributed by atoms with E-state index in [1.165, 1.54) is 6.08 Å². The summed E-state index contributed by atoms with van der Waals surface area (Å²) in [6, 6.07) is 7.82. The van der Waals surface area contributed by atoms with Gasteiger partial charge in [-0.1, -0.05) is 25.1 Å². The first-order chi connectivity index (χ1) is 11.2. The lowest BCUT2D eigenvalue weighted by Gasteiger charge is -2.19. The third kappa shape index (κ3) is 3.59. The molecule has 6 heteroatoms. The molecule has 1 saturated carbocycles. The molecule has 2 atom stereocenters. The van der Waals surface area contributed by atoms with Crippen molar-refractivity contribution < 1.29 is 9.59 Å². The van der Waals surface area contributed by atoms with Crippen molar-refractivity contribution in [2.45, 2.75) is 31.8 Å². The highest BCUT2D eigenvalue weighted by molar-refractivity contribution is 7.18. The molecule has 2 aromatic rings. The van der Waals surface area contributed by atoms with Crippen LogP contribution in [-0.4, -0.2) is 22.8 Å². The maximum absolute atomic E-state index is 12.4. The van der Waals surface area contributed by atoms with Crippen molar-refractivity contribution in [1.82, 2.24) is 15.6 Å². The summed E-state index contributed by atoms with van der Waals surface area (Å²) in [6.07, 6.45) is 3.82. The molecule has 1 heterocycles. The van der Waals surface area contributed by atoms with Gasteiger partial charge in [-0.05, 0) is 31.1 Å². The van der Waals surface area contributed by atoms with Gasteiger partial charge in [0, 0.05) is 6.04 Å². The number of carbonyl (C=O) groups is 2. The number of benzene rings is 1. The molecule has 0 bridgehead atoms. The molecule has 1 aliphatic carbocycles. The highest BCUT2D eigenvalue weighted by atomic mass is 32.1. The SMILES string of the molecule is C=CC(=O)N[C@@H]1CCC[C@@H]1C(=O)NCc1nc2ccccc2s1. The molecule has 23 heavy (non-hydrogen) atoms. The summed E-state index contributed by atoms with van der Waals surface area (Å²) in [4.78, 5) is 28.4. The molecule has 2 amide bonds. The minimum atomic E-state index is -0.221. The van der Waals surface area contributed by atoms with Gasteiger partial charge in [0.2, 0.25) is 11.8 Å². The van der Waals surface area contributed by atoms with Gasteiger partial charge in [0.1, 0.15) is 5.01 Å². The van der Waals surface area contributed by atoms with Gasteiger partial charge in [0.25, 0.3) is 0 Å². The zero-order chi connectivity index (χ0) is 16.2. The number of fused-ring (bicyclic) bond motifs is 1. The van der Waals surface area contributed by atoms with E-state index in [1.54, 1.807) is 11.3 Å². The van der Waals surface area contributed by atoms with Crippen LogP contribution in [0.1, 0.15) is 24.3 Å². The Bertz CT molecular complexity index is 707. The Labute approximate surface area is 138 Å². The van der Waals surface area contributed by atoms with Crippen LogP contribution in [0.5, 0.6) is 0 Å². The average molecular weight is 329 g/mol. The van der Waals surface area contributed by atoms with Crippen molar-refractivity contribution in [1.29, 1.82) is 0 Å². The predicted molar refractivity (Wildman–Crippen MR) is 90.9 cm³/mol. The standard InChI is InChI=1S/C17H19N3O2S/c1-2-15(21)19-12-8-5-6-11(12)17(22)18-10-16-20-13-7-3-4-9-14(13)23-16/h2-4,7,9,11-12H,1,5-6,8,10H2,(H,18,22)(H,19,21)/t11-,12+/m0/s1. The van der Waals surface area contributed by atoms with Crippen molar-refractivity contribution in [3.8, 4) is 0 Å². The molecule has 0 radical (unpaired) electrons. The average Bonchev–Trinajstić information content (AvgIpc) is 3.18. The number of amides is 2. The zero-order valence-electron chi connectivity index (χ0n) is 12.7. The third-order valence-corrected chi connectivity index (χ3v) is 5.15. The molecule has 0 spiro atoms. The Morgan fingerprint density at radius 1 is 1.35 bits per heavy atom. The van der Waals surface area contributed by atoms with Crippen LogP contribution in [0.15, 0.2) is 36.9 Å². The molecule has 5 nitrogen and oxygen atoms in total. The molecule has 120 valence electrons. The molecule has 0 aliphatic heterocycles. The van der Waals surface area contributed by atoms with Gasteiger partial charge in [-0.15, -0.1) is 11.3 Å². The summed E-state index contributed by atoms with van der Waals surface area (Å²) in [5.41, 5.74) is 0.957. The Kier molecular flexibility index (Phi) is 4.71. The molecule has 0 saturated heterocycles. The number of para-hydroxylation sites is 1. The molecule has 1 fully saturated rings. The van der Waals surface area contributed by atoms with E-state index in [1.807, 2.05) is 24.3 Å². The largest absolute Gasteiger partial charge is 0.349 e. The van der Waals surface area contributed by atoms with Crippen LogP contribution in [0.4, 0.5) is 0 Å². The summed E-state index contributed by atoms with van der Waals surface area (Å²) in [6.45, 7) is 3.88. The van der Waals surface area contributed by atoms with Crippen LogP contribution < -0.4 is 10.6 Å². The maximum atomic E-state index is 12.4. The predicted octanol–water partition coefficient (Wildman–Crippen LogP) is 2.38. The lowest BCUT2D eigenvalue weighted by atomic mass is 10.0. The summed E-state index contributed by atoms with van der Waals surface area (Å²) < 4.78 is 1.12. The Balaban J connectivity index is 1.59. The number of hydrogen-bond donors (Lipinski definition) is 2. The Morgan fingerprint density at radius 3 is 2.96 bits per heavy atom. The van der Waals surface area contributed by atoms with E-state index >= 15 is 0 Å². The fourth-order valence-electron chi connectivity index (χ4n) is 2.98. The fraction of sp³-hybridized carbons (Fsp3) is 0.353. The molecule has 1 aromatic carbocycles. The van der Waals surface area contributed by atoms with Gasteiger partial charge in [-0.25, -0.2) is 4.98 Å². The molecular weight excluding hydrogens is 310 g/mol. The Hall–Kier alpha value is -2.21. The minimum absolute atomic E-state index is 0.0175. The quantitative estimate of drug-likeness (QED) is 0.828. The zero-order valence-corrected chi connectivity index (χ0v) is 13.6. The number of nitrogens with one attached hydrogen (secondary N) is 2. The van der Waals surface area contributed by atoms with E-state index in [9.17, 15) is 9.59 Å². The first-order valence-corrected chi connectivity index (χ1v) is 8.54. The number of hydrogen-bond acceptors (Lipinski definition) is 4. The Morgan fingerprint density at radius 2 is 2.17 bits per heavy atom. The normalized spacial score (nSPS) is 20.3. The topological polar surface area (TPSA) is 71.1 Å². The number of rotatable bonds is 5. The van der Waals surface area contributed by atoms with Crippen LogP contribution in [0.3, 0.4) is 0 Å². The number of carbonyl (C=O) groups excluding carboxylic acids is 2. The van der Waals surface area contributed by atoms with Gasteiger partial charge < -0.3 is 10.6 Å². The summed E-state index contributed by atoms with van der Waals surface area (Å²) >= 11 is 1.59. The lowest BCUT2D eigenvalue weighted by Crippen LogP contribution is -2.43. The lowest BCUT2D eigenvalue weighted by molar-refractivity contribution is -0.126. The molecule has 2 N–H and O–H groups in total. The van der Waals surface area contributed by atoms with Crippen LogP contribution in [0.2, 0.25) is 0 Å². The van der Waals surface area contributed by atoms with Crippen LogP contribution >= 0.6 is 11.3 Å². The van der Waals surface area contributed by atoms with E-state index in [2.05, 4.69) is 22.2 Å². The van der Waals surface area contributed by atoms with Crippen molar-refractivity contribution in [3.05, 3.63) is 41.9 Å². The van der Waals surface area contributed by atoms with Crippen molar-refractivity contribution >= 4 is 33.4 Å². The van der Waals surface area contributed by atoms with Crippen molar-refractivity contribution in [3.63, 3.8) is 0 Å². The van der Waals surface area contributed by atoms with E-state index in [0.29, 0.717) is 6.54 Å². The number of aromatic nitrogens is 1. The van der Waals surface area contributed by atoms with Crippen LogP contribution in [0.25, 0.3) is 10.2 Å². The first kappa shape index (κ1) is 15.7. The molecule has 3 rings (SSSR count). The first-order valence-electron chi connectivity index (χ1n) is 7.72. The second kappa shape index (κ2) is 6.91. The van der Waals surface area contributed by atoms with Gasteiger partial charge >= 0.3 is 0 Å². The maximum Gasteiger partial charge on any atom is 0.243 e. The van der Waals surface area contributed by atoms with E-state index in [0.717, 1.165) is 34.5 Å². The molecular formula is C17H19N3O2S. The van der Waals surface area contributed by atoms with Crippen molar-refractivity contribution in [2.75, 3.05) is 0 Å². The molecule has 1 aromatic heterocycles. The van der Waals surface area contributed by atoms with Gasteiger partial charge in [-0.2, -0.15) is 0 Å². The molecule has 1 aliphatic rings. The van der Waals surface area contributed by atoms with Gasteiger partial charge in [-0.3, -0.25) is 9.59 Å². The number of nitrogens with zero attached hydrogens (tertiary/aromatic N) is 1. The molecule has 0 unspecified atom stereocenters. The van der Waals surface area contributed by atoms with Crippen molar-refractivity contribution in [2.24, 2.45) is 5.92 Å². The summed E-state index contributed by atoms with van der Waals surface area (Å²) in [7, 11) is 0. The smallest absolute Gasteiger partial charge is 0.243 e. The van der Waals surface area contributed by atoms with Crippen LogP contribution in [-0.2, 0) is 16.1 Å². The van der Waals surface area contributed by atoms with E-state index in [4.69, 9.17) is 0 Å². The van der Waals surface area contributed by atoms with Crippen LogP contribution in [0, 0.1) is 5.92 Å². The van der Waals surface area contributed by atoms with E-state index in [-0.39, 0.29) is 23.8 Å². The monoisotopic (exact) mass is 329 g/mol. The highest BCUT2D eigenvalue weighted by Crippen LogP contribution is 2.26. The third-order valence-electron chi connectivity index (χ3n) is 4.12. The van der Waals surface area contributed by atoms with E-state index < -0.39 is 0 Å². The second-order valence-corrected chi connectivity index (χ2v) is 6.76. The highest BCUT2D eigenvalue weighted by Gasteiger charge is 2.33. The fourth-order valence-corrected chi connectivity index (χ4v) is 3.88. The minimum Gasteiger partial charge on any atom is -0.349 e.